The van der Waals surface area contributed by atoms with Crippen LogP contribution in [0, 0.1) is 0 Å². The molecule has 4 rings (SSSR count). The van der Waals surface area contributed by atoms with Crippen LogP contribution in [0.3, 0.4) is 0 Å². The Morgan fingerprint density at radius 1 is 0.931 bits per heavy atom. The number of nitrogens with zero attached hydrogens (tertiary/aromatic N) is 4. The number of anilines is 2. The van der Waals surface area contributed by atoms with Gasteiger partial charge in [0, 0.05) is 51.7 Å². The van der Waals surface area contributed by atoms with Crippen LogP contribution in [0.2, 0.25) is 0 Å². The van der Waals surface area contributed by atoms with Crippen molar-refractivity contribution < 1.29 is 4.79 Å². The van der Waals surface area contributed by atoms with Crippen LogP contribution in [0.15, 0.2) is 79.1 Å². The van der Waals surface area contributed by atoms with Crippen molar-refractivity contribution in [1.82, 2.24) is 9.88 Å². The van der Waals surface area contributed by atoms with Crippen LogP contribution in [-0.4, -0.2) is 49.0 Å². The van der Waals surface area contributed by atoms with Gasteiger partial charge in [0.1, 0.15) is 0 Å². The number of aromatic nitrogens is 1. The molecule has 0 atom stereocenters. The zero-order valence-corrected chi connectivity index (χ0v) is 16.7. The fourth-order valence-electron chi connectivity index (χ4n) is 3.69. The average Bonchev–Trinajstić information content (AvgIpc) is 2.80. The number of piperazine rings is 1. The van der Waals surface area contributed by atoms with E-state index >= 15 is 0 Å². The average molecular weight is 386 g/mol. The van der Waals surface area contributed by atoms with E-state index in [0.717, 1.165) is 44.1 Å². The van der Waals surface area contributed by atoms with Crippen molar-refractivity contribution in [1.29, 1.82) is 0 Å². The first-order valence-electron chi connectivity index (χ1n) is 10.00. The van der Waals surface area contributed by atoms with E-state index in [0.29, 0.717) is 5.56 Å². The summed E-state index contributed by atoms with van der Waals surface area (Å²) in [5.41, 5.74) is 3.84. The lowest BCUT2D eigenvalue weighted by Gasteiger charge is -2.36. The SMILES string of the molecule is CN(C(=O)c1cncc(N2CCN(Cc3ccccc3)CC2)c1)c1ccccc1. The van der Waals surface area contributed by atoms with E-state index in [1.54, 1.807) is 18.1 Å². The zero-order valence-electron chi connectivity index (χ0n) is 16.7. The molecule has 1 fully saturated rings. The highest BCUT2D eigenvalue weighted by Gasteiger charge is 2.20. The molecule has 2 aromatic carbocycles. The van der Waals surface area contributed by atoms with Crippen LogP contribution < -0.4 is 9.80 Å². The van der Waals surface area contributed by atoms with Crippen LogP contribution in [0.1, 0.15) is 15.9 Å². The van der Waals surface area contributed by atoms with Gasteiger partial charge in [-0.25, -0.2) is 0 Å². The van der Waals surface area contributed by atoms with Crippen molar-refractivity contribution in [3.63, 3.8) is 0 Å². The maximum absolute atomic E-state index is 12.9. The van der Waals surface area contributed by atoms with E-state index < -0.39 is 0 Å². The summed E-state index contributed by atoms with van der Waals surface area (Å²) in [6.45, 7) is 4.84. The molecule has 0 spiro atoms. The summed E-state index contributed by atoms with van der Waals surface area (Å²) in [6.07, 6.45) is 3.50. The van der Waals surface area contributed by atoms with Crippen LogP contribution in [-0.2, 0) is 6.54 Å². The normalized spacial score (nSPS) is 14.6. The summed E-state index contributed by atoms with van der Waals surface area (Å²) in [7, 11) is 1.80. The van der Waals surface area contributed by atoms with Gasteiger partial charge in [-0.15, -0.1) is 0 Å². The Labute approximate surface area is 172 Å². The maximum atomic E-state index is 12.9. The van der Waals surface area contributed by atoms with E-state index in [1.165, 1.54) is 5.56 Å². The highest BCUT2D eigenvalue weighted by atomic mass is 16.2. The Bertz CT molecular complexity index is 937. The molecule has 0 unspecified atom stereocenters. The van der Waals surface area contributed by atoms with E-state index in [2.05, 4.69) is 45.1 Å². The molecule has 0 bridgehead atoms. The first-order chi connectivity index (χ1) is 14.2. The van der Waals surface area contributed by atoms with Gasteiger partial charge in [-0.3, -0.25) is 14.7 Å². The molecule has 1 amide bonds. The second kappa shape index (κ2) is 8.88. The molecule has 2 heterocycles. The number of para-hydroxylation sites is 1. The first kappa shape index (κ1) is 19.2. The number of hydrogen-bond donors (Lipinski definition) is 0. The highest BCUT2D eigenvalue weighted by molar-refractivity contribution is 6.06. The predicted octanol–water partition coefficient (Wildman–Crippen LogP) is 3.68. The number of benzene rings is 2. The Hall–Kier alpha value is -3.18. The molecule has 148 valence electrons. The molecule has 0 aliphatic carbocycles. The molecule has 0 N–H and O–H groups in total. The third-order valence-corrected chi connectivity index (χ3v) is 5.41. The van der Waals surface area contributed by atoms with Gasteiger partial charge in [0.25, 0.3) is 5.91 Å². The molecular formula is C24H26N4O. The number of hydrogen-bond acceptors (Lipinski definition) is 4. The minimum atomic E-state index is -0.0479. The third-order valence-electron chi connectivity index (χ3n) is 5.41. The lowest BCUT2D eigenvalue weighted by atomic mass is 10.1. The molecule has 1 aliphatic rings. The van der Waals surface area contributed by atoms with E-state index in [-0.39, 0.29) is 5.91 Å². The molecule has 0 saturated carbocycles. The molecule has 5 heteroatoms. The van der Waals surface area contributed by atoms with Gasteiger partial charge in [-0.05, 0) is 23.8 Å². The third kappa shape index (κ3) is 4.63. The number of carbonyl (C=O) groups excluding carboxylic acids is 1. The molecular weight excluding hydrogens is 360 g/mol. The van der Waals surface area contributed by atoms with Crippen molar-refractivity contribution in [2.75, 3.05) is 43.0 Å². The van der Waals surface area contributed by atoms with Crippen molar-refractivity contribution in [2.24, 2.45) is 0 Å². The molecule has 3 aromatic rings. The highest BCUT2D eigenvalue weighted by Crippen LogP contribution is 2.20. The summed E-state index contributed by atoms with van der Waals surface area (Å²) < 4.78 is 0. The standard InChI is InChI=1S/C24H26N4O/c1-26(22-10-6-3-7-11-22)24(29)21-16-23(18-25-17-21)28-14-12-27(13-15-28)19-20-8-4-2-5-9-20/h2-11,16-18H,12-15,19H2,1H3. The van der Waals surface area contributed by atoms with Crippen LogP contribution >= 0.6 is 0 Å². The molecule has 1 aliphatic heterocycles. The maximum Gasteiger partial charge on any atom is 0.259 e. The number of amides is 1. The Morgan fingerprint density at radius 2 is 1.59 bits per heavy atom. The van der Waals surface area contributed by atoms with Gasteiger partial charge in [0.2, 0.25) is 0 Å². The topological polar surface area (TPSA) is 39.7 Å². The molecule has 5 nitrogen and oxygen atoms in total. The smallest absolute Gasteiger partial charge is 0.259 e. The fourth-order valence-corrected chi connectivity index (χ4v) is 3.69. The summed E-state index contributed by atoms with van der Waals surface area (Å²) in [6, 6.07) is 22.2. The Morgan fingerprint density at radius 3 is 2.28 bits per heavy atom. The van der Waals surface area contributed by atoms with Crippen LogP contribution in [0.25, 0.3) is 0 Å². The second-order valence-electron chi connectivity index (χ2n) is 7.38. The predicted molar refractivity (Wildman–Crippen MR) is 117 cm³/mol. The minimum Gasteiger partial charge on any atom is -0.368 e. The van der Waals surface area contributed by atoms with Crippen LogP contribution in [0.5, 0.6) is 0 Å². The number of rotatable bonds is 5. The minimum absolute atomic E-state index is 0.0479. The largest absolute Gasteiger partial charge is 0.368 e. The van der Waals surface area contributed by atoms with E-state index in [4.69, 9.17) is 0 Å². The summed E-state index contributed by atoms with van der Waals surface area (Å²) in [5, 5.41) is 0. The first-order valence-corrected chi connectivity index (χ1v) is 10.00. The van der Waals surface area contributed by atoms with Gasteiger partial charge in [-0.1, -0.05) is 48.5 Å². The molecule has 0 radical (unpaired) electrons. The number of carbonyl (C=O) groups is 1. The summed E-state index contributed by atoms with van der Waals surface area (Å²) >= 11 is 0. The van der Waals surface area contributed by atoms with Crippen molar-refractivity contribution in [2.45, 2.75) is 6.54 Å². The fraction of sp³-hybridized carbons (Fsp3) is 0.250. The molecule has 29 heavy (non-hydrogen) atoms. The van der Waals surface area contributed by atoms with E-state index in [1.807, 2.05) is 42.6 Å². The summed E-state index contributed by atoms with van der Waals surface area (Å²) in [4.78, 5) is 23.7. The van der Waals surface area contributed by atoms with Gasteiger partial charge in [0.15, 0.2) is 0 Å². The zero-order chi connectivity index (χ0) is 20.1. The van der Waals surface area contributed by atoms with Crippen molar-refractivity contribution in [3.05, 3.63) is 90.3 Å². The lowest BCUT2D eigenvalue weighted by molar-refractivity contribution is 0.0992. The van der Waals surface area contributed by atoms with Crippen molar-refractivity contribution in [3.8, 4) is 0 Å². The number of pyridine rings is 1. The second-order valence-corrected chi connectivity index (χ2v) is 7.38. The van der Waals surface area contributed by atoms with Gasteiger partial charge in [0.05, 0.1) is 17.4 Å². The van der Waals surface area contributed by atoms with E-state index in [9.17, 15) is 4.79 Å². The van der Waals surface area contributed by atoms with Gasteiger partial charge < -0.3 is 9.80 Å². The monoisotopic (exact) mass is 386 g/mol. The Balaban J connectivity index is 1.40. The molecule has 1 saturated heterocycles. The van der Waals surface area contributed by atoms with Crippen LogP contribution in [0.4, 0.5) is 11.4 Å². The Kier molecular flexibility index (Phi) is 5.86. The lowest BCUT2D eigenvalue weighted by Crippen LogP contribution is -2.46. The van der Waals surface area contributed by atoms with Gasteiger partial charge in [-0.2, -0.15) is 0 Å². The summed E-state index contributed by atoms with van der Waals surface area (Å²) in [5.74, 6) is -0.0479. The van der Waals surface area contributed by atoms with Crippen molar-refractivity contribution >= 4 is 17.3 Å². The quantitative estimate of drug-likeness (QED) is 0.671. The molecule has 1 aromatic heterocycles. The van der Waals surface area contributed by atoms with Gasteiger partial charge >= 0.3 is 0 Å².